The Balaban J connectivity index is 2.01. The average Bonchev–Trinajstić information content (AvgIpc) is 2.29. The molecule has 0 aromatic carbocycles. The summed E-state index contributed by atoms with van der Waals surface area (Å²) < 4.78 is 6.61. The van der Waals surface area contributed by atoms with Gasteiger partial charge in [-0.15, -0.1) is 0 Å². The Labute approximate surface area is 99.2 Å². The van der Waals surface area contributed by atoms with Gasteiger partial charge in [-0.3, -0.25) is 0 Å². The molecule has 96 valence electrons. The number of hydrogen-bond acceptors (Lipinski definition) is 3. The number of nitrogens with one attached hydrogen (secondary N) is 1. The van der Waals surface area contributed by atoms with Crippen LogP contribution in [-0.4, -0.2) is 68.7 Å². The van der Waals surface area contributed by atoms with E-state index in [2.05, 4.69) is 12.4 Å². The molecule has 0 aromatic rings. The fraction of sp³-hybridized carbons (Fsp3) is 1.00. The van der Waals surface area contributed by atoms with Crippen LogP contribution >= 0.6 is 0 Å². The van der Waals surface area contributed by atoms with E-state index in [0.717, 1.165) is 37.0 Å². The number of piperazine rings is 1. The van der Waals surface area contributed by atoms with Gasteiger partial charge in [-0.05, 0) is 6.42 Å². The smallest absolute Gasteiger partial charge is 0.0911 e. The van der Waals surface area contributed by atoms with Crippen LogP contribution in [0.4, 0.5) is 0 Å². The Morgan fingerprint density at radius 3 is 2.69 bits per heavy atom. The van der Waals surface area contributed by atoms with Gasteiger partial charge < -0.3 is 19.6 Å². The molecule has 1 fully saturated rings. The number of nitrogens with zero attached hydrogens (tertiary/aromatic N) is 1. The zero-order chi connectivity index (χ0) is 11.9. The standard InChI is InChI=1S/C12H27N2O2/c1-3-12(15)11-16-10-4-7-14(2)8-5-13-6-9-14/h12-13,15H,3-11H2,1-2H3/q+1. The largest absolute Gasteiger partial charge is 0.391 e. The van der Waals surface area contributed by atoms with Gasteiger partial charge in [-0.25, -0.2) is 0 Å². The van der Waals surface area contributed by atoms with Crippen LogP contribution in [0.25, 0.3) is 0 Å². The first-order valence-corrected chi connectivity index (χ1v) is 6.46. The van der Waals surface area contributed by atoms with Crippen molar-refractivity contribution >= 4 is 0 Å². The second-order valence-electron chi connectivity index (χ2n) is 5.03. The summed E-state index contributed by atoms with van der Waals surface area (Å²) >= 11 is 0. The highest BCUT2D eigenvalue weighted by atomic mass is 16.5. The van der Waals surface area contributed by atoms with Crippen LogP contribution in [0, 0.1) is 0 Å². The van der Waals surface area contributed by atoms with Crippen molar-refractivity contribution < 1.29 is 14.3 Å². The highest BCUT2D eigenvalue weighted by Crippen LogP contribution is 2.06. The lowest BCUT2D eigenvalue weighted by molar-refractivity contribution is -0.911. The van der Waals surface area contributed by atoms with Crippen molar-refractivity contribution in [3.05, 3.63) is 0 Å². The fourth-order valence-corrected chi connectivity index (χ4v) is 2.04. The van der Waals surface area contributed by atoms with Gasteiger partial charge in [0.05, 0.1) is 46.0 Å². The quantitative estimate of drug-likeness (QED) is 0.486. The summed E-state index contributed by atoms with van der Waals surface area (Å²) in [7, 11) is 2.32. The summed E-state index contributed by atoms with van der Waals surface area (Å²) in [5.74, 6) is 0. The maximum absolute atomic E-state index is 9.32. The minimum atomic E-state index is -0.288. The lowest BCUT2D eigenvalue weighted by atomic mass is 10.2. The van der Waals surface area contributed by atoms with Crippen molar-refractivity contribution in [2.24, 2.45) is 0 Å². The van der Waals surface area contributed by atoms with Gasteiger partial charge in [0, 0.05) is 19.5 Å². The van der Waals surface area contributed by atoms with Crippen molar-refractivity contribution in [1.29, 1.82) is 0 Å². The zero-order valence-electron chi connectivity index (χ0n) is 10.7. The Morgan fingerprint density at radius 1 is 1.38 bits per heavy atom. The number of aliphatic hydroxyl groups is 1. The van der Waals surface area contributed by atoms with E-state index in [9.17, 15) is 5.11 Å². The van der Waals surface area contributed by atoms with Crippen LogP contribution in [0.3, 0.4) is 0 Å². The Kier molecular flexibility index (Phi) is 6.28. The molecule has 1 rings (SSSR count). The summed E-state index contributed by atoms with van der Waals surface area (Å²) in [5, 5.41) is 12.7. The van der Waals surface area contributed by atoms with Gasteiger partial charge in [0.25, 0.3) is 0 Å². The number of quaternary nitrogens is 1. The molecule has 1 atom stereocenters. The van der Waals surface area contributed by atoms with E-state index in [4.69, 9.17) is 4.74 Å². The van der Waals surface area contributed by atoms with E-state index < -0.39 is 0 Å². The minimum Gasteiger partial charge on any atom is -0.391 e. The Bertz CT molecular complexity index is 182. The first-order valence-electron chi connectivity index (χ1n) is 6.46. The van der Waals surface area contributed by atoms with Crippen LogP contribution in [0.15, 0.2) is 0 Å². The maximum atomic E-state index is 9.32. The van der Waals surface area contributed by atoms with Crippen LogP contribution in [-0.2, 0) is 4.74 Å². The molecule has 0 radical (unpaired) electrons. The van der Waals surface area contributed by atoms with Gasteiger partial charge in [0.1, 0.15) is 0 Å². The van der Waals surface area contributed by atoms with E-state index in [-0.39, 0.29) is 6.10 Å². The second kappa shape index (κ2) is 7.22. The summed E-state index contributed by atoms with van der Waals surface area (Å²) in [4.78, 5) is 0. The third kappa shape index (κ3) is 5.25. The molecule has 1 unspecified atom stereocenters. The van der Waals surface area contributed by atoms with Crippen molar-refractivity contribution in [2.75, 3.05) is 53.0 Å². The normalized spacial score (nSPS) is 21.9. The summed E-state index contributed by atoms with van der Waals surface area (Å²) in [5.41, 5.74) is 0. The average molecular weight is 231 g/mol. The predicted molar refractivity (Wildman–Crippen MR) is 65.4 cm³/mol. The topological polar surface area (TPSA) is 41.5 Å². The molecule has 4 heteroatoms. The Morgan fingerprint density at radius 2 is 2.06 bits per heavy atom. The molecular formula is C12H27N2O2+. The van der Waals surface area contributed by atoms with Crippen LogP contribution in [0.2, 0.25) is 0 Å². The number of likely N-dealkylation sites (N-methyl/N-ethyl adjacent to an activating group) is 1. The molecular weight excluding hydrogens is 204 g/mol. The lowest BCUT2D eigenvalue weighted by Gasteiger charge is -2.38. The monoisotopic (exact) mass is 231 g/mol. The first-order chi connectivity index (χ1) is 7.66. The van der Waals surface area contributed by atoms with Gasteiger partial charge >= 0.3 is 0 Å². The molecule has 0 spiro atoms. The summed E-state index contributed by atoms with van der Waals surface area (Å²) in [6.07, 6.45) is 1.58. The highest BCUT2D eigenvalue weighted by Gasteiger charge is 2.23. The van der Waals surface area contributed by atoms with Gasteiger partial charge in [-0.2, -0.15) is 0 Å². The van der Waals surface area contributed by atoms with Gasteiger partial charge in [-0.1, -0.05) is 6.92 Å². The van der Waals surface area contributed by atoms with Crippen molar-refractivity contribution in [1.82, 2.24) is 5.32 Å². The van der Waals surface area contributed by atoms with Crippen molar-refractivity contribution in [2.45, 2.75) is 25.9 Å². The molecule has 0 saturated carbocycles. The second-order valence-corrected chi connectivity index (χ2v) is 5.03. The van der Waals surface area contributed by atoms with Gasteiger partial charge in [0.2, 0.25) is 0 Å². The van der Waals surface area contributed by atoms with E-state index in [0.29, 0.717) is 6.61 Å². The molecule has 0 amide bonds. The number of aliphatic hydroxyl groups excluding tert-OH is 1. The van der Waals surface area contributed by atoms with Crippen LogP contribution < -0.4 is 5.32 Å². The third-order valence-corrected chi connectivity index (χ3v) is 3.42. The fourth-order valence-electron chi connectivity index (χ4n) is 2.04. The van der Waals surface area contributed by atoms with E-state index in [1.165, 1.54) is 19.6 Å². The predicted octanol–water partition coefficient (Wildman–Crippen LogP) is 0.214. The molecule has 2 N–H and O–H groups in total. The molecule has 1 aliphatic heterocycles. The maximum Gasteiger partial charge on any atom is 0.0911 e. The Hall–Kier alpha value is -0.160. The van der Waals surface area contributed by atoms with Crippen molar-refractivity contribution in [3.63, 3.8) is 0 Å². The SMILES string of the molecule is CCC(O)COCCC[N+]1(C)CCNCC1. The summed E-state index contributed by atoms with van der Waals surface area (Å²) in [6.45, 7) is 9.12. The van der Waals surface area contributed by atoms with Crippen LogP contribution in [0.1, 0.15) is 19.8 Å². The minimum absolute atomic E-state index is 0.288. The third-order valence-electron chi connectivity index (χ3n) is 3.42. The van der Waals surface area contributed by atoms with E-state index >= 15 is 0 Å². The summed E-state index contributed by atoms with van der Waals surface area (Å²) in [6, 6.07) is 0. The van der Waals surface area contributed by atoms with Crippen LogP contribution in [0.5, 0.6) is 0 Å². The zero-order valence-corrected chi connectivity index (χ0v) is 10.7. The molecule has 16 heavy (non-hydrogen) atoms. The molecule has 0 aromatic heterocycles. The molecule has 1 saturated heterocycles. The van der Waals surface area contributed by atoms with E-state index in [1.807, 2.05) is 6.92 Å². The molecule has 4 nitrogen and oxygen atoms in total. The highest BCUT2D eigenvalue weighted by molar-refractivity contribution is 4.55. The van der Waals surface area contributed by atoms with E-state index in [1.54, 1.807) is 0 Å². The molecule has 1 heterocycles. The first kappa shape index (κ1) is 13.9. The van der Waals surface area contributed by atoms with Gasteiger partial charge in [0.15, 0.2) is 0 Å². The molecule has 0 aliphatic carbocycles. The number of ether oxygens (including phenoxy) is 1. The van der Waals surface area contributed by atoms with Crippen molar-refractivity contribution in [3.8, 4) is 0 Å². The lowest BCUT2D eigenvalue weighted by Crippen LogP contribution is -2.56. The number of hydrogen-bond donors (Lipinski definition) is 2. The molecule has 0 bridgehead atoms. The molecule has 1 aliphatic rings. The number of rotatable bonds is 7.